The normalized spacial score (nSPS) is 11.4. The van der Waals surface area contributed by atoms with Crippen LogP contribution in [-0.4, -0.2) is 20.4 Å². The average molecular weight is 231 g/mol. The summed E-state index contributed by atoms with van der Waals surface area (Å²) in [4.78, 5) is 15.8. The largest absolute Gasteiger partial charge is 0.294 e. The first-order chi connectivity index (χ1) is 7.93. The molecule has 0 aliphatic rings. The summed E-state index contributed by atoms with van der Waals surface area (Å²) in [5, 5.41) is 4.56. The van der Waals surface area contributed by atoms with Crippen LogP contribution in [0.4, 0.5) is 0 Å². The van der Waals surface area contributed by atoms with Crippen LogP contribution >= 0.6 is 0 Å². The van der Waals surface area contributed by atoms with Crippen LogP contribution in [0.3, 0.4) is 0 Å². The molecule has 0 fully saturated rings. The number of fused-ring (bicyclic) bond motifs is 1. The quantitative estimate of drug-likeness (QED) is 0.746. The molecule has 2 aromatic heterocycles. The third-order valence-electron chi connectivity index (χ3n) is 3.08. The smallest absolute Gasteiger partial charge is 0.163 e. The number of aryl methyl sites for hydroxylation is 2. The van der Waals surface area contributed by atoms with E-state index in [1.807, 2.05) is 13.8 Å². The van der Waals surface area contributed by atoms with Crippen molar-refractivity contribution >= 4 is 11.4 Å². The van der Waals surface area contributed by atoms with Crippen molar-refractivity contribution in [3.63, 3.8) is 0 Å². The van der Waals surface area contributed by atoms with Gasteiger partial charge in [0.05, 0.1) is 17.0 Å². The van der Waals surface area contributed by atoms with Gasteiger partial charge < -0.3 is 0 Å². The summed E-state index contributed by atoms with van der Waals surface area (Å²) in [6.45, 7) is 9.70. The maximum Gasteiger partial charge on any atom is 0.163 e. The molecule has 90 valence electrons. The molecule has 17 heavy (non-hydrogen) atoms. The number of Topliss-reactive ketones (excluding diaryl/α,β-unsaturated/α-hetero) is 1. The molecule has 0 aromatic carbocycles. The number of hydrogen-bond donors (Lipinski definition) is 0. The lowest BCUT2D eigenvalue weighted by atomic mass is 10.1. The summed E-state index contributed by atoms with van der Waals surface area (Å²) in [6.07, 6.45) is 1.64. The Labute approximate surface area is 101 Å². The molecule has 0 amide bonds. The Balaban J connectivity index is 2.79. The number of carbonyl (C=O) groups excluding carboxylic acids is 1. The highest BCUT2D eigenvalue weighted by molar-refractivity contribution is 5.95. The summed E-state index contributed by atoms with van der Waals surface area (Å²) < 4.78 is 1.78. The van der Waals surface area contributed by atoms with Crippen molar-refractivity contribution in [1.29, 1.82) is 0 Å². The second-order valence-electron chi connectivity index (χ2n) is 4.71. The highest BCUT2D eigenvalue weighted by Crippen LogP contribution is 2.22. The zero-order chi connectivity index (χ0) is 12.7. The van der Waals surface area contributed by atoms with E-state index in [4.69, 9.17) is 0 Å². The van der Waals surface area contributed by atoms with E-state index < -0.39 is 0 Å². The Bertz CT molecular complexity index is 596. The van der Waals surface area contributed by atoms with Crippen molar-refractivity contribution in [3.8, 4) is 0 Å². The second kappa shape index (κ2) is 3.95. The van der Waals surface area contributed by atoms with Gasteiger partial charge >= 0.3 is 0 Å². The lowest BCUT2D eigenvalue weighted by Gasteiger charge is -2.03. The first-order valence-electron chi connectivity index (χ1n) is 5.79. The van der Waals surface area contributed by atoms with Crippen LogP contribution < -0.4 is 0 Å². The molecule has 0 N–H and O–H groups in total. The molecule has 0 aliphatic carbocycles. The molecular formula is C13H17N3O. The van der Waals surface area contributed by atoms with Gasteiger partial charge in [-0.1, -0.05) is 13.8 Å². The minimum atomic E-state index is 0.0242. The van der Waals surface area contributed by atoms with Crippen LogP contribution in [0.25, 0.3) is 5.65 Å². The topological polar surface area (TPSA) is 47.3 Å². The van der Waals surface area contributed by atoms with E-state index in [2.05, 4.69) is 23.9 Å². The van der Waals surface area contributed by atoms with Crippen molar-refractivity contribution < 1.29 is 4.79 Å². The van der Waals surface area contributed by atoms with Crippen LogP contribution in [0.1, 0.15) is 54.0 Å². The fourth-order valence-corrected chi connectivity index (χ4v) is 2.12. The number of carbonyl (C=O) groups is 1. The minimum absolute atomic E-state index is 0.0242. The SMILES string of the molecule is CC(=O)c1cnc2c(C)c(C(C)C)nn2c1C. The van der Waals surface area contributed by atoms with Crippen LogP contribution in [0.5, 0.6) is 0 Å². The molecule has 4 heteroatoms. The second-order valence-corrected chi connectivity index (χ2v) is 4.71. The summed E-state index contributed by atoms with van der Waals surface area (Å²) >= 11 is 0. The van der Waals surface area contributed by atoms with Gasteiger partial charge in [0.2, 0.25) is 0 Å². The predicted octanol–water partition coefficient (Wildman–Crippen LogP) is 2.67. The molecule has 0 aliphatic heterocycles. The van der Waals surface area contributed by atoms with Crippen molar-refractivity contribution in [2.24, 2.45) is 0 Å². The van der Waals surface area contributed by atoms with E-state index in [9.17, 15) is 4.79 Å². The van der Waals surface area contributed by atoms with Gasteiger partial charge in [-0.25, -0.2) is 9.50 Å². The number of nitrogens with zero attached hydrogens (tertiary/aromatic N) is 3. The van der Waals surface area contributed by atoms with Gasteiger partial charge in [0, 0.05) is 11.8 Å². The molecule has 0 spiro atoms. The van der Waals surface area contributed by atoms with E-state index in [0.29, 0.717) is 11.5 Å². The maximum atomic E-state index is 11.5. The van der Waals surface area contributed by atoms with Crippen molar-refractivity contribution in [2.45, 2.75) is 40.5 Å². The van der Waals surface area contributed by atoms with Gasteiger partial charge in [-0.15, -0.1) is 0 Å². The standard InChI is InChI=1S/C13H17N3O/c1-7(2)12-8(3)13-14-6-11(10(5)17)9(4)16(13)15-12/h6-7H,1-5H3. The first-order valence-corrected chi connectivity index (χ1v) is 5.79. The average Bonchev–Trinajstić information content (AvgIpc) is 2.57. The summed E-state index contributed by atoms with van der Waals surface area (Å²) in [5.41, 5.74) is 4.48. The van der Waals surface area contributed by atoms with Crippen molar-refractivity contribution in [2.75, 3.05) is 0 Å². The Kier molecular flexibility index (Phi) is 2.73. The fraction of sp³-hybridized carbons (Fsp3) is 0.462. The zero-order valence-corrected chi connectivity index (χ0v) is 10.9. The lowest BCUT2D eigenvalue weighted by Crippen LogP contribution is -2.05. The predicted molar refractivity (Wildman–Crippen MR) is 66.6 cm³/mol. The van der Waals surface area contributed by atoms with Gasteiger partial charge in [-0.2, -0.15) is 5.10 Å². The van der Waals surface area contributed by atoms with Crippen LogP contribution in [0.15, 0.2) is 6.20 Å². The molecule has 0 radical (unpaired) electrons. The third kappa shape index (κ3) is 1.73. The van der Waals surface area contributed by atoms with Gasteiger partial charge in [-0.05, 0) is 26.7 Å². The minimum Gasteiger partial charge on any atom is -0.294 e. The molecule has 0 bridgehead atoms. The summed E-state index contributed by atoms with van der Waals surface area (Å²) in [5.74, 6) is 0.382. The van der Waals surface area contributed by atoms with E-state index in [1.54, 1.807) is 17.6 Å². The van der Waals surface area contributed by atoms with Gasteiger partial charge in [0.1, 0.15) is 0 Å². The summed E-state index contributed by atoms with van der Waals surface area (Å²) in [6, 6.07) is 0. The third-order valence-corrected chi connectivity index (χ3v) is 3.08. The zero-order valence-electron chi connectivity index (χ0n) is 10.9. The molecule has 4 nitrogen and oxygen atoms in total. The highest BCUT2D eigenvalue weighted by Gasteiger charge is 2.16. The number of ketones is 1. The van der Waals surface area contributed by atoms with E-state index in [-0.39, 0.29) is 5.78 Å². The van der Waals surface area contributed by atoms with E-state index in [0.717, 1.165) is 22.6 Å². The van der Waals surface area contributed by atoms with Crippen LogP contribution in [-0.2, 0) is 0 Å². The molecule has 0 unspecified atom stereocenters. The maximum absolute atomic E-state index is 11.5. The Morgan fingerprint density at radius 2 is 2.00 bits per heavy atom. The van der Waals surface area contributed by atoms with Crippen molar-refractivity contribution in [3.05, 3.63) is 28.7 Å². The number of aromatic nitrogens is 3. The molecule has 0 saturated carbocycles. The molecule has 2 heterocycles. The Morgan fingerprint density at radius 3 is 2.53 bits per heavy atom. The molecular weight excluding hydrogens is 214 g/mol. The highest BCUT2D eigenvalue weighted by atomic mass is 16.1. The summed E-state index contributed by atoms with van der Waals surface area (Å²) in [7, 11) is 0. The molecule has 0 saturated heterocycles. The van der Waals surface area contributed by atoms with Gasteiger partial charge in [0.25, 0.3) is 0 Å². The van der Waals surface area contributed by atoms with E-state index in [1.165, 1.54) is 0 Å². The van der Waals surface area contributed by atoms with Gasteiger partial charge in [0.15, 0.2) is 11.4 Å². The molecule has 0 atom stereocenters. The fourth-order valence-electron chi connectivity index (χ4n) is 2.12. The number of rotatable bonds is 2. The lowest BCUT2D eigenvalue weighted by molar-refractivity contribution is 0.101. The van der Waals surface area contributed by atoms with Crippen LogP contribution in [0.2, 0.25) is 0 Å². The molecule has 2 rings (SSSR count). The van der Waals surface area contributed by atoms with Crippen molar-refractivity contribution in [1.82, 2.24) is 14.6 Å². The Morgan fingerprint density at radius 1 is 1.35 bits per heavy atom. The first kappa shape index (κ1) is 11.8. The number of hydrogen-bond acceptors (Lipinski definition) is 3. The Hall–Kier alpha value is -1.71. The van der Waals surface area contributed by atoms with E-state index >= 15 is 0 Å². The molecule has 2 aromatic rings. The van der Waals surface area contributed by atoms with Gasteiger partial charge in [-0.3, -0.25) is 4.79 Å². The monoisotopic (exact) mass is 231 g/mol. The van der Waals surface area contributed by atoms with Crippen LogP contribution in [0, 0.1) is 13.8 Å².